The first-order chi connectivity index (χ1) is 8.05. The number of nitrogens with two attached hydrogens (primary N) is 1. The number of nitrogens with one attached hydrogen (secondary N) is 1. The van der Waals surface area contributed by atoms with E-state index < -0.39 is 6.04 Å². The van der Waals surface area contributed by atoms with E-state index in [1.165, 1.54) is 0 Å². The van der Waals surface area contributed by atoms with E-state index in [1.807, 2.05) is 20.1 Å². The van der Waals surface area contributed by atoms with E-state index in [9.17, 15) is 9.90 Å². The summed E-state index contributed by atoms with van der Waals surface area (Å²) in [6, 6.07) is -0.437. The smallest absolute Gasteiger partial charge is 0.236 e. The quantitative estimate of drug-likeness (QED) is 0.579. The Labute approximate surface area is 109 Å². The fourth-order valence-electron chi connectivity index (χ4n) is 1.56. The molecule has 0 bridgehead atoms. The normalized spacial score (nSPS) is 13.5. The summed E-state index contributed by atoms with van der Waals surface area (Å²) < 4.78 is 0. The van der Waals surface area contributed by atoms with Gasteiger partial charge >= 0.3 is 0 Å². The van der Waals surface area contributed by atoms with Gasteiger partial charge in [-0.15, -0.1) is 0 Å². The van der Waals surface area contributed by atoms with E-state index in [0.29, 0.717) is 13.0 Å². The molecule has 0 fully saturated rings. The van der Waals surface area contributed by atoms with Gasteiger partial charge in [0.2, 0.25) is 5.91 Å². The number of amides is 1. The Kier molecular flexibility index (Phi) is 8.64. The lowest BCUT2D eigenvalue weighted by atomic mass is 9.83. The van der Waals surface area contributed by atoms with Gasteiger partial charge in [0.15, 0.2) is 0 Å². The first-order valence-electron chi connectivity index (χ1n) is 6.18. The molecule has 0 aromatic heterocycles. The van der Waals surface area contributed by atoms with E-state index in [-0.39, 0.29) is 17.9 Å². The lowest BCUT2D eigenvalue weighted by Gasteiger charge is -2.30. The van der Waals surface area contributed by atoms with Gasteiger partial charge in [-0.05, 0) is 31.3 Å². The number of rotatable bonds is 9. The molecule has 0 saturated carbocycles. The predicted molar refractivity (Wildman–Crippen MR) is 74.1 cm³/mol. The Balaban J connectivity index is 4.12. The molecule has 0 aromatic carbocycles. The molecule has 4 N–H and O–H groups in total. The average Bonchev–Trinajstić information content (AvgIpc) is 2.37. The van der Waals surface area contributed by atoms with Crippen molar-refractivity contribution in [2.45, 2.75) is 39.2 Å². The molecule has 1 amide bonds. The summed E-state index contributed by atoms with van der Waals surface area (Å²) in [5.41, 5.74) is 5.57. The van der Waals surface area contributed by atoms with E-state index in [1.54, 1.807) is 11.8 Å². The lowest BCUT2D eigenvalue weighted by molar-refractivity contribution is -0.123. The Morgan fingerprint density at radius 2 is 2.06 bits per heavy atom. The van der Waals surface area contributed by atoms with Crippen LogP contribution in [0.1, 0.15) is 33.1 Å². The van der Waals surface area contributed by atoms with E-state index in [4.69, 9.17) is 5.73 Å². The second kappa shape index (κ2) is 8.78. The largest absolute Gasteiger partial charge is 0.396 e. The van der Waals surface area contributed by atoms with Crippen LogP contribution in [0.2, 0.25) is 0 Å². The standard InChI is InChI=1S/C12H26N2O2S/c1-4-12(5-2,9-15)8-14-11(16)10(13)6-7-17-3/h10,15H,4-9,13H2,1-3H3,(H,14,16)/t10-/m0/s1. The van der Waals surface area contributed by atoms with Gasteiger partial charge in [0.1, 0.15) is 0 Å². The van der Waals surface area contributed by atoms with E-state index >= 15 is 0 Å². The number of hydrogen-bond acceptors (Lipinski definition) is 4. The van der Waals surface area contributed by atoms with Gasteiger partial charge in [0.25, 0.3) is 0 Å². The highest BCUT2D eigenvalue weighted by Gasteiger charge is 2.26. The first kappa shape index (κ1) is 16.7. The highest BCUT2D eigenvalue weighted by Crippen LogP contribution is 2.24. The zero-order valence-corrected chi connectivity index (χ0v) is 12.0. The summed E-state index contributed by atoms with van der Waals surface area (Å²) in [4.78, 5) is 11.7. The summed E-state index contributed by atoms with van der Waals surface area (Å²) in [5, 5.41) is 12.2. The van der Waals surface area contributed by atoms with Crippen molar-refractivity contribution in [1.82, 2.24) is 5.32 Å². The van der Waals surface area contributed by atoms with Gasteiger partial charge in [-0.25, -0.2) is 0 Å². The molecule has 0 aromatic rings. The third kappa shape index (κ3) is 5.75. The molecule has 0 radical (unpaired) electrons. The summed E-state index contributed by atoms with van der Waals surface area (Å²) in [5.74, 6) is 0.778. The highest BCUT2D eigenvalue weighted by molar-refractivity contribution is 7.98. The molecule has 1 atom stereocenters. The van der Waals surface area contributed by atoms with Gasteiger partial charge in [-0.1, -0.05) is 13.8 Å². The minimum Gasteiger partial charge on any atom is -0.396 e. The van der Waals surface area contributed by atoms with Crippen LogP contribution in [-0.4, -0.2) is 42.2 Å². The first-order valence-corrected chi connectivity index (χ1v) is 7.57. The van der Waals surface area contributed by atoms with Gasteiger partial charge in [0.05, 0.1) is 12.6 Å². The van der Waals surface area contributed by atoms with Crippen LogP contribution in [0.15, 0.2) is 0 Å². The number of hydrogen-bond donors (Lipinski definition) is 3. The molecule has 0 aliphatic rings. The topological polar surface area (TPSA) is 75.3 Å². The van der Waals surface area contributed by atoms with Gasteiger partial charge in [-0.3, -0.25) is 4.79 Å². The van der Waals surface area contributed by atoms with Crippen molar-refractivity contribution in [1.29, 1.82) is 0 Å². The highest BCUT2D eigenvalue weighted by atomic mass is 32.2. The second-order valence-electron chi connectivity index (χ2n) is 4.47. The average molecular weight is 262 g/mol. The van der Waals surface area contributed by atoms with Crippen molar-refractivity contribution in [2.24, 2.45) is 11.1 Å². The summed E-state index contributed by atoms with van der Waals surface area (Å²) in [6.45, 7) is 4.65. The van der Waals surface area contributed by atoms with Gasteiger partial charge in [0, 0.05) is 12.0 Å². The molecule has 0 heterocycles. The fourth-order valence-corrected chi connectivity index (χ4v) is 2.05. The number of aliphatic hydroxyl groups excluding tert-OH is 1. The monoisotopic (exact) mass is 262 g/mol. The Morgan fingerprint density at radius 3 is 2.47 bits per heavy atom. The Hall–Kier alpha value is -0.260. The van der Waals surface area contributed by atoms with Crippen LogP contribution in [-0.2, 0) is 4.79 Å². The predicted octanol–water partition coefficient (Wildman–Crippen LogP) is 0.982. The molecule has 0 unspecified atom stereocenters. The third-order valence-corrected chi connectivity index (χ3v) is 4.09. The van der Waals surface area contributed by atoms with Gasteiger partial charge < -0.3 is 16.2 Å². The molecule has 17 heavy (non-hydrogen) atoms. The second-order valence-corrected chi connectivity index (χ2v) is 5.46. The lowest BCUT2D eigenvalue weighted by Crippen LogP contribution is -2.46. The minimum absolute atomic E-state index is 0.0975. The van der Waals surface area contributed by atoms with E-state index in [2.05, 4.69) is 5.32 Å². The van der Waals surface area contributed by atoms with Crippen LogP contribution in [0, 0.1) is 5.41 Å². The summed E-state index contributed by atoms with van der Waals surface area (Å²) >= 11 is 1.68. The van der Waals surface area contributed by atoms with Crippen LogP contribution < -0.4 is 11.1 Å². The molecule has 4 nitrogen and oxygen atoms in total. The summed E-state index contributed by atoms with van der Waals surface area (Å²) in [7, 11) is 0. The Morgan fingerprint density at radius 1 is 1.47 bits per heavy atom. The van der Waals surface area contributed by atoms with E-state index in [0.717, 1.165) is 18.6 Å². The fraction of sp³-hybridized carbons (Fsp3) is 0.917. The third-order valence-electron chi connectivity index (χ3n) is 3.44. The Bertz CT molecular complexity index is 212. The van der Waals surface area contributed by atoms with Crippen LogP contribution in [0.4, 0.5) is 0 Å². The maximum absolute atomic E-state index is 11.7. The number of carbonyl (C=O) groups is 1. The maximum Gasteiger partial charge on any atom is 0.236 e. The van der Waals surface area contributed by atoms with Crippen molar-refractivity contribution >= 4 is 17.7 Å². The van der Waals surface area contributed by atoms with Crippen molar-refractivity contribution in [2.75, 3.05) is 25.2 Å². The molecule has 0 spiro atoms. The minimum atomic E-state index is -0.437. The van der Waals surface area contributed by atoms with Crippen molar-refractivity contribution in [3.8, 4) is 0 Å². The molecule has 0 aliphatic heterocycles. The number of aliphatic hydroxyl groups is 1. The zero-order valence-electron chi connectivity index (χ0n) is 11.2. The van der Waals surface area contributed by atoms with Crippen LogP contribution >= 0.6 is 11.8 Å². The summed E-state index contributed by atoms with van der Waals surface area (Å²) in [6.07, 6.45) is 4.38. The molecule has 0 saturated heterocycles. The maximum atomic E-state index is 11.7. The molecule has 102 valence electrons. The number of carbonyl (C=O) groups excluding carboxylic acids is 1. The number of thioether (sulfide) groups is 1. The van der Waals surface area contributed by atoms with Crippen LogP contribution in [0.25, 0.3) is 0 Å². The molecular weight excluding hydrogens is 236 g/mol. The molecule has 0 rings (SSSR count). The molecular formula is C12H26N2O2S. The molecule has 5 heteroatoms. The van der Waals surface area contributed by atoms with Gasteiger partial charge in [-0.2, -0.15) is 11.8 Å². The van der Waals surface area contributed by atoms with Crippen molar-refractivity contribution < 1.29 is 9.90 Å². The van der Waals surface area contributed by atoms with Crippen molar-refractivity contribution in [3.63, 3.8) is 0 Å². The SMILES string of the molecule is CCC(CC)(CO)CNC(=O)[C@@H](N)CCSC. The van der Waals surface area contributed by atoms with Crippen molar-refractivity contribution in [3.05, 3.63) is 0 Å². The zero-order chi connectivity index (χ0) is 13.3. The molecule has 0 aliphatic carbocycles. The van der Waals surface area contributed by atoms with Crippen LogP contribution in [0.5, 0.6) is 0 Å². The van der Waals surface area contributed by atoms with Crippen LogP contribution in [0.3, 0.4) is 0 Å².